The zero-order valence-corrected chi connectivity index (χ0v) is 14.0. The Kier molecular flexibility index (Phi) is 6.32. The number of nitrogens with zero attached hydrogens (tertiary/aromatic N) is 1. The molecule has 1 aromatic carbocycles. The molecule has 0 unspecified atom stereocenters. The van der Waals surface area contributed by atoms with Crippen LogP contribution in [0, 0.1) is 0 Å². The summed E-state index contributed by atoms with van der Waals surface area (Å²) in [6.07, 6.45) is 12.5. The summed E-state index contributed by atoms with van der Waals surface area (Å²) >= 11 is 0. The predicted octanol–water partition coefficient (Wildman–Crippen LogP) is 4.01. The Morgan fingerprint density at radius 1 is 0.818 bits per heavy atom. The summed E-state index contributed by atoms with van der Waals surface area (Å²) in [7, 11) is 0. The smallest absolute Gasteiger partial charge is 0.00940 e. The van der Waals surface area contributed by atoms with Crippen LogP contribution in [0.25, 0.3) is 0 Å². The summed E-state index contributed by atoms with van der Waals surface area (Å²) in [6, 6.07) is 12.5. The highest BCUT2D eigenvalue weighted by molar-refractivity contribution is 5.14. The molecule has 1 saturated carbocycles. The summed E-state index contributed by atoms with van der Waals surface area (Å²) in [4.78, 5) is 2.65. The second-order valence-electron chi connectivity index (χ2n) is 7.21. The van der Waals surface area contributed by atoms with Crippen molar-refractivity contribution in [3.63, 3.8) is 0 Å². The molecule has 2 aliphatic rings. The Hall–Kier alpha value is -0.860. The Balaban J connectivity index is 1.35. The number of nitrogens with one attached hydrogen (secondary N) is 1. The van der Waals surface area contributed by atoms with Crippen molar-refractivity contribution < 1.29 is 0 Å². The molecule has 2 nitrogen and oxygen atoms in total. The van der Waals surface area contributed by atoms with Gasteiger partial charge in [-0.05, 0) is 50.8 Å². The van der Waals surface area contributed by atoms with Crippen LogP contribution in [0.5, 0.6) is 0 Å². The fourth-order valence-electron chi connectivity index (χ4n) is 4.03. The number of piperidine rings is 1. The van der Waals surface area contributed by atoms with Crippen LogP contribution in [0.1, 0.15) is 56.9 Å². The van der Waals surface area contributed by atoms with Gasteiger partial charge in [0.25, 0.3) is 0 Å². The third-order valence-electron chi connectivity index (χ3n) is 5.47. The summed E-state index contributed by atoms with van der Waals surface area (Å²) in [5.41, 5.74) is 1.47. The highest BCUT2D eigenvalue weighted by Gasteiger charge is 2.22. The van der Waals surface area contributed by atoms with Gasteiger partial charge in [0.15, 0.2) is 0 Å². The fraction of sp³-hybridized carbons (Fsp3) is 0.700. The normalized spacial score (nSPS) is 22.5. The van der Waals surface area contributed by atoms with E-state index in [-0.39, 0.29) is 0 Å². The van der Waals surface area contributed by atoms with E-state index in [9.17, 15) is 0 Å². The molecule has 0 radical (unpaired) electrons. The first kappa shape index (κ1) is 16.0. The third-order valence-corrected chi connectivity index (χ3v) is 5.47. The van der Waals surface area contributed by atoms with Gasteiger partial charge in [0.2, 0.25) is 0 Å². The van der Waals surface area contributed by atoms with Gasteiger partial charge in [-0.15, -0.1) is 0 Å². The maximum Gasteiger partial charge on any atom is 0.00940 e. The van der Waals surface area contributed by atoms with Gasteiger partial charge in [0, 0.05) is 18.6 Å². The lowest BCUT2D eigenvalue weighted by Crippen LogP contribution is -2.46. The first-order chi connectivity index (χ1) is 10.9. The van der Waals surface area contributed by atoms with Crippen LogP contribution < -0.4 is 5.32 Å². The second kappa shape index (κ2) is 8.69. The van der Waals surface area contributed by atoms with E-state index in [1.165, 1.54) is 83.0 Å². The second-order valence-corrected chi connectivity index (χ2v) is 7.21. The van der Waals surface area contributed by atoms with E-state index in [2.05, 4.69) is 40.5 Å². The molecule has 0 bridgehead atoms. The van der Waals surface area contributed by atoms with Crippen LogP contribution in [-0.4, -0.2) is 36.6 Å². The number of benzene rings is 1. The summed E-state index contributed by atoms with van der Waals surface area (Å²) < 4.78 is 0. The molecule has 22 heavy (non-hydrogen) atoms. The Morgan fingerprint density at radius 2 is 1.45 bits per heavy atom. The van der Waals surface area contributed by atoms with Crippen molar-refractivity contribution in [2.24, 2.45) is 0 Å². The van der Waals surface area contributed by atoms with Crippen molar-refractivity contribution in [3.05, 3.63) is 35.9 Å². The van der Waals surface area contributed by atoms with Crippen molar-refractivity contribution in [3.8, 4) is 0 Å². The van der Waals surface area contributed by atoms with Gasteiger partial charge in [-0.2, -0.15) is 0 Å². The largest absolute Gasteiger partial charge is 0.311 e. The minimum atomic E-state index is 0.774. The van der Waals surface area contributed by atoms with Crippen molar-refractivity contribution in [2.45, 2.75) is 69.9 Å². The van der Waals surface area contributed by atoms with Gasteiger partial charge in [0.05, 0.1) is 0 Å². The SMILES string of the molecule is c1ccc(CCN2CCC(NC3CCCCCC3)CC2)cc1. The monoisotopic (exact) mass is 300 g/mol. The lowest BCUT2D eigenvalue weighted by Gasteiger charge is -2.34. The first-order valence-corrected chi connectivity index (χ1v) is 9.42. The molecule has 122 valence electrons. The van der Waals surface area contributed by atoms with Gasteiger partial charge in [0.1, 0.15) is 0 Å². The van der Waals surface area contributed by atoms with Crippen LogP contribution in [0.4, 0.5) is 0 Å². The fourth-order valence-corrected chi connectivity index (χ4v) is 4.03. The van der Waals surface area contributed by atoms with Gasteiger partial charge in [-0.25, -0.2) is 0 Å². The number of rotatable bonds is 5. The zero-order valence-electron chi connectivity index (χ0n) is 14.0. The molecule has 1 aliphatic heterocycles. The molecule has 1 N–H and O–H groups in total. The van der Waals surface area contributed by atoms with Gasteiger partial charge < -0.3 is 10.2 Å². The Morgan fingerprint density at radius 3 is 2.14 bits per heavy atom. The molecular formula is C20H32N2. The van der Waals surface area contributed by atoms with Crippen LogP contribution in [0.15, 0.2) is 30.3 Å². The van der Waals surface area contributed by atoms with Crippen LogP contribution in [0.3, 0.4) is 0 Å². The Labute approximate surface area is 136 Å². The first-order valence-electron chi connectivity index (χ1n) is 9.42. The summed E-state index contributed by atoms with van der Waals surface area (Å²) in [6.45, 7) is 3.77. The van der Waals surface area contributed by atoms with Gasteiger partial charge >= 0.3 is 0 Å². The molecule has 0 atom stereocenters. The number of likely N-dealkylation sites (tertiary alicyclic amines) is 1. The molecular weight excluding hydrogens is 268 g/mol. The quantitative estimate of drug-likeness (QED) is 0.827. The average molecular weight is 300 g/mol. The topological polar surface area (TPSA) is 15.3 Å². The molecule has 1 saturated heterocycles. The molecule has 1 aromatic rings. The van der Waals surface area contributed by atoms with E-state index in [1.807, 2.05) is 0 Å². The minimum Gasteiger partial charge on any atom is -0.311 e. The number of hydrogen-bond acceptors (Lipinski definition) is 2. The van der Waals surface area contributed by atoms with Gasteiger partial charge in [-0.1, -0.05) is 56.0 Å². The molecule has 3 rings (SSSR count). The van der Waals surface area contributed by atoms with E-state index >= 15 is 0 Å². The number of hydrogen-bond donors (Lipinski definition) is 1. The minimum absolute atomic E-state index is 0.774. The van der Waals surface area contributed by atoms with E-state index in [1.54, 1.807) is 0 Å². The molecule has 0 amide bonds. The molecule has 2 fully saturated rings. The van der Waals surface area contributed by atoms with Crippen molar-refractivity contribution >= 4 is 0 Å². The van der Waals surface area contributed by atoms with E-state index < -0.39 is 0 Å². The lowest BCUT2D eigenvalue weighted by molar-refractivity contribution is 0.190. The highest BCUT2D eigenvalue weighted by Crippen LogP contribution is 2.20. The predicted molar refractivity (Wildman–Crippen MR) is 94.2 cm³/mol. The summed E-state index contributed by atoms with van der Waals surface area (Å²) in [5.74, 6) is 0. The molecule has 0 aromatic heterocycles. The van der Waals surface area contributed by atoms with Crippen molar-refractivity contribution in [1.82, 2.24) is 10.2 Å². The third kappa shape index (κ3) is 5.10. The van der Waals surface area contributed by atoms with Crippen LogP contribution in [0.2, 0.25) is 0 Å². The maximum atomic E-state index is 3.97. The zero-order chi connectivity index (χ0) is 15.0. The molecule has 0 spiro atoms. The standard InChI is InChI=1S/C20H32N2/c1-2-7-11-19(10-6-1)21-20-13-16-22(17-14-20)15-12-18-8-4-3-5-9-18/h3-5,8-9,19-21H,1-2,6-7,10-17H2. The van der Waals surface area contributed by atoms with Gasteiger partial charge in [-0.3, -0.25) is 0 Å². The summed E-state index contributed by atoms with van der Waals surface area (Å²) in [5, 5.41) is 3.97. The van der Waals surface area contributed by atoms with E-state index in [0.29, 0.717) is 0 Å². The highest BCUT2D eigenvalue weighted by atomic mass is 15.1. The average Bonchev–Trinajstić information content (AvgIpc) is 2.84. The molecule has 2 heteroatoms. The van der Waals surface area contributed by atoms with E-state index in [4.69, 9.17) is 0 Å². The van der Waals surface area contributed by atoms with Crippen molar-refractivity contribution in [2.75, 3.05) is 19.6 Å². The molecule has 1 aliphatic carbocycles. The molecule has 1 heterocycles. The maximum absolute atomic E-state index is 3.97. The van der Waals surface area contributed by atoms with Crippen molar-refractivity contribution in [1.29, 1.82) is 0 Å². The lowest BCUT2D eigenvalue weighted by atomic mass is 10.0. The van der Waals surface area contributed by atoms with E-state index in [0.717, 1.165) is 12.1 Å². The van der Waals surface area contributed by atoms with Crippen LogP contribution in [-0.2, 0) is 6.42 Å². The van der Waals surface area contributed by atoms with Crippen LogP contribution >= 0.6 is 0 Å². The Bertz CT molecular complexity index is 401.